The molecular formula is C29H38Si2Zr. The molecule has 32 heavy (non-hydrogen) atoms. The van der Waals surface area contributed by atoms with Crippen LogP contribution in [0.2, 0.25) is 39.3 Å². The van der Waals surface area contributed by atoms with E-state index in [2.05, 4.69) is 93.9 Å². The predicted molar refractivity (Wildman–Crippen MR) is 148 cm³/mol. The maximum atomic E-state index is 2.99. The van der Waals surface area contributed by atoms with Crippen molar-refractivity contribution < 1.29 is 24.2 Å². The topological polar surface area (TPSA) is 0 Å². The van der Waals surface area contributed by atoms with E-state index in [4.69, 9.17) is 0 Å². The summed E-state index contributed by atoms with van der Waals surface area (Å²) in [5, 5.41) is 8.75. The van der Waals surface area contributed by atoms with Gasteiger partial charge in [0.05, 0.1) is 16.1 Å². The minimum atomic E-state index is -1.23. The van der Waals surface area contributed by atoms with Gasteiger partial charge in [-0.05, 0) is 0 Å². The van der Waals surface area contributed by atoms with Gasteiger partial charge in [-0.15, -0.1) is 46.2 Å². The summed E-state index contributed by atoms with van der Waals surface area (Å²) in [4.78, 5) is 0. The molecule has 5 rings (SSSR count). The Morgan fingerprint density at radius 3 is 1.56 bits per heavy atom. The molecule has 0 saturated heterocycles. The van der Waals surface area contributed by atoms with Gasteiger partial charge < -0.3 is 0 Å². The van der Waals surface area contributed by atoms with Crippen molar-refractivity contribution in [3.63, 3.8) is 0 Å². The number of rotatable bonds is 2. The molecule has 2 aliphatic rings. The summed E-state index contributed by atoms with van der Waals surface area (Å²) >= 11 is 1.68. The number of hydrogen-bond donors (Lipinski definition) is 0. The summed E-state index contributed by atoms with van der Waals surface area (Å²) in [6, 6.07) is 16.6. The summed E-state index contributed by atoms with van der Waals surface area (Å²) in [6.07, 6.45) is 15.8. The molecule has 3 aromatic rings. The first-order chi connectivity index (χ1) is 15.1. The standard InChI is InChI=1S/C19H25Si2.C5H8.C5H5.Zr/c1-20(2,3)16-7-9-18-14(12-16)11-15-13-17(21(4,5)6)8-10-19(15)18;2*1-2-4-5-3-1;/h7-13H,1-6H3;1-4H2;1-3H,4H2;/q-1;;-1;+2. The minimum absolute atomic E-state index is 1.01. The Labute approximate surface area is 212 Å². The molecule has 2 aliphatic carbocycles. The second-order valence-corrected chi connectivity index (χ2v) is 23.0. The Balaban J connectivity index is 0.000000213. The average molecular weight is 534 g/mol. The molecule has 166 valence electrons. The summed E-state index contributed by atoms with van der Waals surface area (Å²) in [5.41, 5.74) is 0. The van der Waals surface area contributed by atoms with Gasteiger partial charge in [-0.2, -0.15) is 6.08 Å². The summed E-state index contributed by atoms with van der Waals surface area (Å²) in [5.74, 6) is 0. The fraction of sp³-hybridized carbons (Fsp3) is 0.379. The van der Waals surface area contributed by atoms with Gasteiger partial charge in [0.1, 0.15) is 0 Å². The Bertz CT molecular complexity index is 1050. The van der Waals surface area contributed by atoms with Gasteiger partial charge in [-0.1, -0.05) is 73.9 Å². The van der Waals surface area contributed by atoms with Crippen LogP contribution in [0.25, 0.3) is 21.5 Å². The second kappa shape index (κ2) is 10.9. The van der Waals surface area contributed by atoms with Crippen LogP contribution in [0.15, 0.2) is 60.7 Å². The molecule has 0 atom stereocenters. The van der Waals surface area contributed by atoms with Crippen LogP contribution in [0.4, 0.5) is 0 Å². The number of benzene rings is 2. The first kappa shape index (κ1) is 25.6. The third-order valence-corrected chi connectivity index (χ3v) is 11.5. The van der Waals surface area contributed by atoms with Crippen LogP contribution in [0.3, 0.4) is 0 Å². The fourth-order valence-corrected chi connectivity index (χ4v) is 7.31. The molecule has 0 heterocycles. The van der Waals surface area contributed by atoms with Crippen LogP contribution in [0, 0.1) is 6.08 Å². The summed E-state index contributed by atoms with van der Waals surface area (Å²) in [6.45, 7) is 14.5. The zero-order valence-electron chi connectivity index (χ0n) is 20.8. The molecule has 0 nitrogen and oxygen atoms in total. The average Bonchev–Trinajstić information content (AvgIpc) is 3.48. The number of allylic oxidation sites excluding steroid dienone is 4. The van der Waals surface area contributed by atoms with Gasteiger partial charge in [0.25, 0.3) is 0 Å². The van der Waals surface area contributed by atoms with Crippen molar-refractivity contribution in [1.82, 2.24) is 0 Å². The van der Waals surface area contributed by atoms with Crippen LogP contribution >= 0.6 is 0 Å². The van der Waals surface area contributed by atoms with Gasteiger partial charge in [0.2, 0.25) is 0 Å². The zero-order valence-corrected chi connectivity index (χ0v) is 25.3. The molecule has 0 aliphatic heterocycles. The molecule has 0 spiro atoms. The van der Waals surface area contributed by atoms with E-state index in [1.165, 1.54) is 47.2 Å². The van der Waals surface area contributed by atoms with Gasteiger partial charge in [0, 0.05) is 0 Å². The van der Waals surface area contributed by atoms with E-state index in [1.807, 2.05) is 12.2 Å². The van der Waals surface area contributed by atoms with E-state index in [0.29, 0.717) is 0 Å². The predicted octanol–water partition coefficient (Wildman–Crippen LogP) is 7.39. The van der Waals surface area contributed by atoms with Crippen molar-refractivity contribution in [2.45, 2.75) is 71.4 Å². The fourth-order valence-electron chi connectivity index (χ4n) is 4.10. The van der Waals surface area contributed by atoms with E-state index >= 15 is 0 Å². The molecule has 0 unspecified atom stereocenters. The van der Waals surface area contributed by atoms with Crippen LogP contribution < -0.4 is 10.4 Å². The molecule has 3 aromatic carbocycles. The Morgan fingerprint density at radius 2 is 1.28 bits per heavy atom. The van der Waals surface area contributed by atoms with Crippen LogP contribution in [-0.4, -0.2) is 19.4 Å². The molecule has 0 radical (unpaired) electrons. The van der Waals surface area contributed by atoms with E-state index in [-0.39, 0.29) is 0 Å². The van der Waals surface area contributed by atoms with Crippen molar-refractivity contribution in [3.8, 4) is 0 Å². The summed E-state index contributed by atoms with van der Waals surface area (Å²) < 4.78 is 1.79. The molecule has 0 bridgehead atoms. The van der Waals surface area contributed by atoms with Crippen molar-refractivity contribution in [2.75, 3.05) is 0 Å². The molecule has 1 saturated carbocycles. The second-order valence-electron chi connectivity index (χ2n) is 11.1. The van der Waals surface area contributed by atoms with Crippen molar-refractivity contribution >= 4 is 51.3 Å². The van der Waals surface area contributed by atoms with Crippen LogP contribution in [0.1, 0.15) is 32.1 Å². The van der Waals surface area contributed by atoms with E-state index < -0.39 is 16.1 Å². The van der Waals surface area contributed by atoms with Crippen molar-refractivity contribution in [3.05, 3.63) is 66.8 Å². The van der Waals surface area contributed by atoms with Gasteiger partial charge in [-0.25, -0.2) is 12.2 Å². The number of fused-ring (bicyclic) bond motifs is 3. The van der Waals surface area contributed by atoms with Gasteiger partial charge >= 0.3 is 53.1 Å². The van der Waals surface area contributed by atoms with E-state index in [1.54, 1.807) is 37.8 Å². The molecule has 1 fully saturated rings. The van der Waals surface area contributed by atoms with E-state index in [9.17, 15) is 0 Å². The van der Waals surface area contributed by atoms with Crippen LogP contribution in [-0.2, 0) is 24.2 Å². The molecule has 3 heteroatoms. The number of hydrogen-bond acceptors (Lipinski definition) is 0. The van der Waals surface area contributed by atoms with Gasteiger partial charge in [-0.3, -0.25) is 6.08 Å². The molecule has 0 amide bonds. The normalized spacial score (nSPS) is 15.7. The Hall–Kier alpha value is -1.02. The van der Waals surface area contributed by atoms with Crippen LogP contribution in [0.5, 0.6) is 0 Å². The van der Waals surface area contributed by atoms with Crippen molar-refractivity contribution in [1.29, 1.82) is 0 Å². The Morgan fingerprint density at radius 1 is 0.781 bits per heavy atom. The quantitative estimate of drug-likeness (QED) is 0.238. The third kappa shape index (κ3) is 6.99. The maximum absolute atomic E-state index is 2.99. The Kier molecular flexibility index (Phi) is 8.75. The first-order valence-electron chi connectivity index (χ1n) is 12.0. The SMILES string of the molecule is C[Si](C)(C)c1ccc2c(c1)[cH-]c1cc([Si](C)(C)C)ccc12.[C-]1=CC=CC1.[Zr+2]=[C]1CCCC1. The van der Waals surface area contributed by atoms with Crippen molar-refractivity contribution in [2.24, 2.45) is 0 Å². The first-order valence-corrected chi connectivity index (χ1v) is 20.2. The third-order valence-electron chi connectivity index (χ3n) is 6.23. The monoisotopic (exact) mass is 532 g/mol. The van der Waals surface area contributed by atoms with E-state index in [0.717, 1.165) is 6.42 Å². The van der Waals surface area contributed by atoms with Gasteiger partial charge in [0.15, 0.2) is 0 Å². The molecule has 0 N–H and O–H groups in total. The zero-order chi connectivity index (χ0) is 23.4. The molecule has 0 aromatic heterocycles. The molecular weight excluding hydrogens is 496 g/mol. The summed E-state index contributed by atoms with van der Waals surface area (Å²) in [7, 11) is -2.47.